The molecule has 0 N–H and O–H groups in total. The molecule has 0 saturated carbocycles. The molecule has 3 aliphatic carbocycles. The lowest BCUT2D eigenvalue weighted by Gasteiger charge is -2.45. The smallest absolute Gasteiger partial charge is 0.343 e. The molecule has 1 fully saturated rings. The van der Waals surface area contributed by atoms with E-state index in [0.29, 0.717) is 0 Å². The molecule has 9 rings (SSSR count). The van der Waals surface area contributed by atoms with Gasteiger partial charge in [-0.05, 0) is 76.9 Å². The molecule has 2 atom stereocenters. The first-order valence-electron chi connectivity index (χ1n) is 16.5. The fraction of sp³-hybridized carbons (Fsp3) is 0.125. The number of imide groups is 1. The van der Waals surface area contributed by atoms with Gasteiger partial charge in [0.25, 0.3) is 23.4 Å². The number of hydrogen-bond donors (Lipinski definition) is 0. The summed E-state index contributed by atoms with van der Waals surface area (Å²) in [4.78, 5) is 80.3. The zero-order chi connectivity index (χ0) is 37.1. The van der Waals surface area contributed by atoms with Crippen molar-refractivity contribution in [3.8, 4) is 5.75 Å². The third kappa shape index (κ3) is 5.65. The fourth-order valence-corrected chi connectivity index (χ4v) is 8.03. The molecule has 262 valence electrons. The molecular weight excluding hydrogens is 721 g/mol. The average Bonchev–Trinajstić information content (AvgIpc) is 3.44. The maximum absolute atomic E-state index is 14.6. The number of Topliss-reactive ketones (excluding diaryl/α,β-unsaturated/α-hetero) is 1. The van der Waals surface area contributed by atoms with E-state index in [1.54, 1.807) is 0 Å². The third-order valence-corrected chi connectivity index (χ3v) is 10.8. The number of nitro groups is 1. The van der Waals surface area contributed by atoms with Crippen LogP contribution in [0.2, 0.25) is 10.0 Å². The van der Waals surface area contributed by atoms with Gasteiger partial charge in [-0.3, -0.25) is 29.3 Å². The molecular formula is C40H25Cl2N3O8. The fourth-order valence-electron chi connectivity index (χ4n) is 7.73. The summed E-state index contributed by atoms with van der Waals surface area (Å²) in [5.74, 6) is -5.77. The van der Waals surface area contributed by atoms with E-state index in [9.17, 15) is 34.1 Å². The molecule has 1 saturated heterocycles. The number of amides is 3. The second-order valence-electron chi connectivity index (χ2n) is 12.9. The zero-order valence-corrected chi connectivity index (χ0v) is 28.9. The van der Waals surface area contributed by atoms with Crippen LogP contribution in [0, 0.1) is 22.0 Å². The van der Waals surface area contributed by atoms with Gasteiger partial charge < -0.3 is 4.74 Å². The Morgan fingerprint density at radius 2 is 1.17 bits per heavy atom. The molecule has 11 nitrogen and oxygen atoms in total. The van der Waals surface area contributed by atoms with Crippen molar-refractivity contribution in [1.82, 2.24) is 10.0 Å². The first kappa shape index (κ1) is 33.9. The van der Waals surface area contributed by atoms with Crippen molar-refractivity contribution < 1.29 is 33.6 Å². The Labute approximate surface area is 311 Å². The molecule has 1 heterocycles. The van der Waals surface area contributed by atoms with Crippen molar-refractivity contribution in [2.75, 3.05) is 6.54 Å². The van der Waals surface area contributed by atoms with Gasteiger partial charge in [-0.1, -0.05) is 71.7 Å². The predicted molar refractivity (Wildman–Crippen MR) is 192 cm³/mol. The van der Waals surface area contributed by atoms with Crippen LogP contribution in [0.25, 0.3) is 0 Å². The van der Waals surface area contributed by atoms with Crippen LogP contribution in [-0.2, 0) is 9.59 Å². The number of nitro benzene ring substituents is 1. The molecule has 5 aromatic carbocycles. The Morgan fingerprint density at radius 3 is 1.66 bits per heavy atom. The van der Waals surface area contributed by atoms with E-state index in [-0.39, 0.29) is 38.2 Å². The summed E-state index contributed by atoms with van der Waals surface area (Å²) in [5.41, 5.74) is 3.80. The van der Waals surface area contributed by atoms with Crippen LogP contribution in [-0.4, -0.2) is 51.0 Å². The highest BCUT2D eigenvalue weighted by molar-refractivity contribution is 6.42. The minimum absolute atomic E-state index is 0.00530. The van der Waals surface area contributed by atoms with Gasteiger partial charge in [0.2, 0.25) is 0 Å². The van der Waals surface area contributed by atoms with Gasteiger partial charge in [0.1, 0.15) is 12.3 Å². The highest BCUT2D eigenvalue weighted by Crippen LogP contribution is 2.61. The molecule has 3 amide bonds. The summed E-state index contributed by atoms with van der Waals surface area (Å²) >= 11 is 12.4. The molecule has 0 spiro atoms. The minimum Gasteiger partial charge on any atom is -0.423 e. The number of non-ortho nitro benzene ring substituents is 1. The topological polar surface area (TPSA) is 144 Å². The second-order valence-corrected chi connectivity index (χ2v) is 13.7. The van der Waals surface area contributed by atoms with Crippen LogP contribution in [0.15, 0.2) is 115 Å². The van der Waals surface area contributed by atoms with E-state index in [0.717, 1.165) is 32.3 Å². The average molecular weight is 747 g/mol. The van der Waals surface area contributed by atoms with Crippen LogP contribution in [0.3, 0.4) is 0 Å². The van der Waals surface area contributed by atoms with Crippen LogP contribution in [0.1, 0.15) is 65.2 Å². The van der Waals surface area contributed by atoms with Gasteiger partial charge in [-0.2, -0.15) is 5.01 Å². The Bertz CT molecular complexity index is 2280. The lowest BCUT2D eigenvalue weighted by molar-refractivity contribution is -0.384. The molecule has 0 unspecified atom stereocenters. The first-order valence-corrected chi connectivity index (χ1v) is 17.2. The molecule has 5 aromatic rings. The Hall–Kier alpha value is -6.17. The number of ether oxygens (including phenoxy) is 1. The number of benzene rings is 5. The monoisotopic (exact) mass is 745 g/mol. The number of hydrazine groups is 1. The first-order chi connectivity index (χ1) is 25.5. The predicted octanol–water partition coefficient (Wildman–Crippen LogP) is 7.25. The van der Waals surface area contributed by atoms with E-state index >= 15 is 0 Å². The van der Waals surface area contributed by atoms with Crippen LogP contribution >= 0.6 is 23.2 Å². The molecule has 0 radical (unpaired) electrons. The summed E-state index contributed by atoms with van der Waals surface area (Å²) in [7, 11) is 0. The molecule has 13 heteroatoms. The number of esters is 1. The standard InChI is InChI=1S/C40H25Cl2N3O8/c41-30-18-13-23(19-31(30)42)37(47)43(20-32(46)21-11-16-25(17-12-21)53-40(50)22-9-14-24(15-10-22)45(51)52)44-38(48)35-33-26-5-1-2-6-27(26)34(36(35)39(44)49)29-8-4-3-7-28(29)33/h1-19,33-36H,20H2/t33?,34?,35-,36-/m0/s1. The number of ketones is 1. The summed E-state index contributed by atoms with van der Waals surface area (Å²) in [6.07, 6.45) is 0. The van der Waals surface area contributed by atoms with Gasteiger partial charge in [0, 0.05) is 35.1 Å². The number of carbonyl (C=O) groups is 5. The van der Waals surface area contributed by atoms with Crippen molar-refractivity contribution in [1.29, 1.82) is 0 Å². The lowest BCUT2D eigenvalue weighted by Crippen LogP contribution is -2.52. The van der Waals surface area contributed by atoms with E-state index in [4.69, 9.17) is 27.9 Å². The van der Waals surface area contributed by atoms with Gasteiger partial charge >= 0.3 is 5.97 Å². The van der Waals surface area contributed by atoms with Gasteiger partial charge in [0.15, 0.2) is 5.78 Å². The van der Waals surface area contributed by atoms with Crippen LogP contribution < -0.4 is 4.74 Å². The third-order valence-electron chi connectivity index (χ3n) is 10.1. The highest BCUT2D eigenvalue weighted by atomic mass is 35.5. The maximum Gasteiger partial charge on any atom is 0.343 e. The normalized spacial score (nSPS) is 19.2. The second kappa shape index (κ2) is 13.1. The Morgan fingerprint density at radius 1 is 0.679 bits per heavy atom. The highest BCUT2D eigenvalue weighted by Gasteiger charge is 2.63. The van der Waals surface area contributed by atoms with Gasteiger partial charge in [0.05, 0.1) is 32.4 Å². The molecule has 53 heavy (non-hydrogen) atoms. The Balaban J connectivity index is 1.10. The van der Waals surface area contributed by atoms with E-state index < -0.39 is 64.6 Å². The summed E-state index contributed by atoms with van der Waals surface area (Å²) < 4.78 is 5.37. The number of hydrogen-bond acceptors (Lipinski definition) is 8. The maximum atomic E-state index is 14.6. The van der Waals surface area contributed by atoms with Gasteiger partial charge in [-0.15, -0.1) is 0 Å². The SMILES string of the molecule is O=C(CN(C(=O)c1ccc(Cl)c(Cl)c1)N1C(=O)[C@H]2C3c4ccccc4C(c4ccccc43)[C@@H]2C1=O)c1ccc(OC(=O)c2ccc([N+](=O)[O-])cc2)cc1. The molecule has 1 aliphatic heterocycles. The number of nitrogens with zero attached hydrogens (tertiary/aromatic N) is 3. The summed E-state index contributed by atoms with van der Waals surface area (Å²) in [5, 5.41) is 12.9. The zero-order valence-electron chi connectivity index (χ0n) is 27.3. The van der Waals surface area contributed by atoms with Crippen molar-refractivity contribution >= 4 is 58.4 Å². The Kier molecular flexibility index (Phi) is 8.39. The molecule has 2 bridgehead atoms. The summed E-state index contributed by atoms with van der Waals surface area (Å²) in [6.45, 7) is -0.687. The van der Waals surface area contributed by atoms with Crippen molar-refractivity contribution in [2.24, 2.45) is 11.8 Å². The number of rotatable bonds is 8. The van der Waals surface area contributed by atoms with Gasteiger partial charge in [-0.25, -0.2) is 9.80 Å². The van der Waals surface area contributed by atoms with Crippen molar-refractivity contribution in [3.63, 3.8) is 0 Å². The lowest BCUT2D eigenvalue weighted by atomic mass is 9.55. The van der Waals surface area contributed by atoms with E-state index in [2.05, 4.69) is 0 Å². The minimum atomic E-state index is -0.812. The van der Waals surface area contributed by atoms with Crippen LogP contribution in [0.4, 0.5) is 5.69 Å². The molecule has 4 aliphatic rings. The summed E-state index contributed by atoms with van der Waals surface area (Å²) in [6, 6.07) is 30.0. The molecule has 0 aromatic heterocycles. The van der Waals surface area contributed by atoms with E-state index in [1.807, 2.05) is 48.5 Å². The number of carbonyl (C=O) groups excluding carboxylic acids is 5. The van der Waals surface area contributed by atoms with E-state index in [1.165, 1.54) is 66.7 Å². The van der Waals surface area contributed by atoms with Crippen molar-refractivity contribution in [3.05, 3.63) is 174 Å². The van der Waals surface area contributed by atoms with Crippen molar-refractivity contribution in [2.45, 2.75) is 11.8 Å². The van der Waals surface area contributed by atoms with Crippen LogP contribution in [0.5, 0.6) is 5.75 Å². The largest absolute Gasteiger partial charge is 0.423 e. The quantitative estimate of drug-likeness (QED) is 0.0403. The number of halogens is 2.